The molecule has 0 radical (unpaired) electrons. The Labute approximate surface area is 124 Å². The zero-order chi connectivity index (χ0) is 15.1. The molecule has 0 bridgehead atoms. The maximum absolute atomic E-state index is 4.66. The second kappa shape index (κ2) is 4.98. The summed E-state index contributed by atoms with van der Waals surface area (Å²) in [6.45, 7) is 11.4. The Morgan fingerprint density at radius 2 is 1.81 bits per heavy atom. The summed E-state index contributed by atoms with van der Waals surface area (Å²) in [5.74, 6) is 1.54. The lowest BCUT2D eigenvalue weighted by Crippen LogP contribution is -2.12. The van der Waals surface area contributed by atoms with Crippen LogP contribution in [0.3, 0.4) is 0 Å². The van der Waals surface area contributed by atoms with Gasteiger partial charge in [-0.2, -0.15) is 4.52 Å². The third-order valence-electron chi connectivity index (χ3n) is 3.49. The van der Waals surface area contributed by atoms with Gasteiger partial charge in [0.15, 0.2) is 11.3 Å². The molecule has 0 aliphatic heterocycles. The Bertz CT molecular complexity index is 816. The van der Waals surface area contributed by atoms with E-state index >= 15 is 0 Å². The zero-order valence-corrected chi connectivity index (χ0v) is 13.2. The Hall–Kier alpha value is -2.17. The van der Waals surface area contributed by atoms with Crippen LogP contribution in [-0.4, -0.2) is 26.1 Å². The molecule has 0 amide bonds. The standard InChI is InChI=1S/C16H21N5/c1-9(2)8-17-13-7-12(5)19-16-14-10(3)6-11(4)18-15(14)20-21(13)16/h6-7,9,17H,8H2,1-5H3. The van der Waals surface area contributed by atoms with Gasteiger partial charge in [-0.05, 0) is 38.3 Å². The molecule has 110 valence electrons. The Balaban J connectivity index is 2.28. The summed E-state index contributed by atoms with van der Waals surface area (Å²) in [5, 5.41) is 9.13. The van der Waals surface area contributed by atoms with Crippen LogP contribution in [0, 0.1) is 26.7 Å². The summed E-state index contributed by atoms with van der Waals surface area (Å²) in [6.07, 6.45) is 0. The Kier molecular flexibility index (Phi) is 3.27. The largest absolute Gasteiger partial charge is 0.370 e. The van der Waals surface area contributed by atoms with Crippen molar-refractivity contribution in [3.8, 4) is 0 Å². The van der Waals surface area contributed by atoms with Crippen molar-refractivity contribution in [3.63, 3.8) is 0 Å². The van der Waals surface area contributed by atoms with Gasteiger partial charge in [-0.3, -0.25) is 0 Å². The van der Waals surface area contributed by atoms with Gasteiger partial charge in [0, 0.05) is 24.0 Å². The molecule has 0 atom stereocenters. The second-order valence-electron chi connectivity index (χ2n) is 6.07. The highest BCUT2D eigenvalue weighted by Gasteiger charge is 2.14. The third-order valence-corrected chi connectivity index (χ3v) is 3.49. The number of anilines is 1. The number of hydrogen-bond donors (Lipinski definition) is 1. The number of fused-ring (bicyclic) bond motifs is 3. The highest BCUT2D eigenvalue weighted by atomic mass is 15.3. The maximum atomic E-state index is 4.66. The molecule has 3 rings (SSSR count). The van der Waals surface area contributed by atoms with E-state index in [-0.39, 0.29) is 0 Å². The highest BCUT2D eigenvalue weighted by molar-refractivity contribution is 5.93. The molecule has 21 heavy (non-hydrogen) atoms. The molecule has 3 aromatic heterocycles. The second-order valence-corrected chi connectivity index (χ2v) is 6.07. The average molecular weight is 283 g/mol. The summed E-state index contributed by atoms with van der Waals surface area (Å²) in [5.41, 5.74) is 4.77. The number of aryl methyl sites for hydroxylation is 3. The van der Waals surface area contributed by atoms with Gasteiger partial charge in [-0.25, -0.2) is 9.97 Å². The van der Waals surface area contributed by atoms with Gasteiger partial charge in [-0.1, -0.05) is 13.8 Å². The third kappa shape index (κ3) is 2.44. The zero-order valence-electron chi connectivity index (χ0n) is 13.2. The molecular weight excluding hydrogens is 262 g/mol. The number of aromatic nitrogens is 4. The first-order valence-corrected chi connectivity index (χ1v) is 7.34. The molecule has 0 aromatic carbocycles. The van der Waals surface area contributed by atoms with Crippen molar-refractivity contribution < 1.29 is 0 Å². The van der Waals surface area contributed by atoms with Crippen LogP contribution >= 0.6 is 0 Å². The van der Waals surface area contributed by atoms with Crippen molar-refractivity contribution in [1.82, 2.24) is 19.6 Å². The minimum atomic E-state index is 0.570. The van der Waals surface area contributed by atoms with Crippen molar-refractivity contribution in [3.05, 3.63) is 29.1 Å². The first kappa shape index (κ1) is 13.8. The van der Waals surface area contributed by atoms with Crippen molar-refractivity contribution in [2.45, 2.75) is 34.6 Å². The van der Waals surface area contributed by atoms with E-state index < -0.39 is 0 Å². The first-order valence-electron chi connectivity index (χ1n) is 7.34. The predicted molar refractivity (Wildman–Crippen MR) is 85.8 cm³/mol. The summed E-state index contributed by atoms with van der Waals surface area (Å²) in [4.78, 5) is 9.20. The summed E-state index contributed by atoms with van der Waals surface area (Å²) < 4.78 is 1.87. The first-order chi connectivity index (χ1) is 9.95. The molecule has 3 heterocycles. The van der Waals surface area contributed by atoms with E-state index in [1.807, 2.05) is 24.4 Å². The van der Waals surface area contributed by atoms with Gasteiger partial charge >= 0.3 is 0 Å². The van der Waals surface area contributed by atoms with Gasteiger partial charge in [0.05, 0.1) is 5.39 Å². The molecule has 0 saturated heterocycles. The lowest BCUT2D eigenvalue weighted by Gasteiger charge is -2.11. The molecule has 5 heteroatoms. The predicted octanol–water partition coefficient (Wildman–Crippen LogP) is 3.27. The van der Waals surface area contributed by atoms with Crippen LogP contribution in [0.1, 0.15) is 30.8 Å². The number of hydrogen-bond acceptors (Lipinski definition) is 4. The maximum Gasteiger partial charge on any atom is 0.184 e. The van der Waals surface area contributed by atoms with Crippen LogP contribution in [0.5, 0.6) is 0 Å². The van der Waals surface area contributed by atoms with Crippen LogP contribution in [0.2, 0.25) is 0 Å². The minimum Gasteiger partial charge on any atom is -0.370 e. The molecule has 3 aromatic rings. The highest BCUT2D eigenvalue weighted by Crippen LogP contribution is 2.24. The van der Waals surface area contributed by atoms with Crippen LogP contribution in [0.4, 0.5) is 5.82 Å². The van der Waals surface area contributed by atoms with E-state index in [1.165, 1.54) is 5.56 Å². The van der Waals surface area contributed by atoms with Gasteiger partial charge in [0.25, 0.3) is 0 Å². The normalized spacial score (nSPS) is 11.7. The summed E-state index contributed by atoms with van der Waals surface area (Å²) in [7, 11) is 0. The number of nitrogens with zero attached hydrogens (tertiary/aromatic N) is 4. The van der Waals surface area contributed by atoms with E-state index in [0.717, 1.165) is 40.4 Å². The van der Waals surface area contributed by atoms with Crippen LogP contribution < -0.4 is 5.32 Å². The van der Waals surface area contributed by atoms with Gasteiger partial charge in [-0.15, -0.1) is 5.10 Å². The molecule has 0 saturated carbocycles. The van der Waals surface area contributed by atoms with E-state index in [4.69, 9.17) is 0 Å². The fourth-order valence-corrected chi connectivity index (χ4v) is 2.58. The molecule has 0 unspecified atom stereocenters. The Morgan fingerprint density at radius 3 is 2.52 bits per heavy atom. The molecular formula is C16H21N5. The van der Waals surface area contributed by atoms with Gasteiger partial charge in [0.2, 0.25) is 0 Å². The van der Waals surface area contributed by atoms with Crippen LogP contribution in [0.15, 0.2) is 12.1 Å². The van der Waals surface area contributed by atoms with Crippen molar-refractivity contribution in [1.29, 1.82) is 0 Å². The molecule has 0 fully saturated rings. The minimum absolute atomic E-state index is 0.570. The van der Waals surface area contributed by atoms with E-state index in [9.17, 15) is 0 Å². The number of rotatable bonds is 3. The molecule has 1 N–H and O–H groups in total. The molecule has 5 nitrogen and oxygen atoms in total. The molecule has 0 spiro atoms. The van der Waals surface area contributed by atoms with Crippen molar-refractivity contribution in [2.24, 2.45) is 5.92 Å². The summed E-state index contributed by atoms with van der Waals surface area (Å²) >= 11 is 0. The quantitative estimate of drug-likeness (QED) is 0.801. The fraction of sp³-hybridized carbons (Fsp3) is 0.438. The van der Waals surface area contributed by atoms with E-state index in [2.05, 4.69) is 47.2 Å². The fourth-order valence-electron chi connectivity index (χ4n) is 2.58. The average Bonchev–Trinajstić information content (AvgIpc) is 2.73. The number of pyridine rings is 1. The SMILES string of the molecule is Cc1cc(C)c2c(n1)nn1c(NCC(C)C)cc(C)nc21. The molecule has 0 aliphatic carbocycles. The van der Waals surface area contributed by atoms with Crippen LogP contribution in [0.25, 0.3) is 16.7 Å². The smallest absolute Gasteiger partial charge is 0.184 e. The number of nitrogens with one attached hydrogen (secondary N) is 1. The van der Waals surface area contributed by atoms with Gasteiger partial charge < -0.3 is 5.32 Å². The lowest BCUT2D eigenvalue weighted by molar-refractivity contribution is 0.684. The van der Waals surface area contributed by atoms with Gasteiger partial charge in [0.1, 0.15) is 5.82 Å². The summed E-state index contributed by atoms with van der Waals surface area (Å²) in [6, 6.07) is 4.11. The topological polar surface area (TPSA) is 55.1 Å². The van der Waals surface area contributed by atoms with Crippen molar-refractivity contribution in [2.75, 3.05) is 11.9 Å². The van der Waals surface area contributed by atoms with E-state index in [0.29, 0.717) is 5.92 Å². The van der Waals surface area contributed by atoms with Crippen molar-refractivity contribution >= 4 is 22.5 Å². The molecule has 0 aliphatic rings. The monoisotopic (exact) mass is 283 g/mol. The van der Waals surface area contributed by atoms with Crippen LogP contribution in [-0.2, 0) is 0 Å². The van der Waals surface area contributed by atoms with E-state index in [1.54, 1.807) is 0 Å². The lowest BCUT2D eigenvalue weighted by atomic mass is 10.2. The Morgan fingerprint density at radius 1 is 1.10 bits per heavy atom.